The minimum Gasteiger partial charge on any atom is -0.480 e. The van der Waals surface area contributed by atoms with Crippen molar-refractivity contribution in [1.82, 2.24) is 15.1 Å². The fraction of sp³-hybridized carbons (Fsp3) is 0.312. The highest BCUT2D eigenvalue weighted by molar-refractivity contribution is 5.85. The van der Waals surface area contributed by atoms with Crippen LogP contribution in [-0.2, 0) is 16.0 Å². The number of aryl methyl sites for hydroxylation is 1. The van der Waals surface area contributed by atoms with Crippen molar-refractivity contribution < 1.29 is 23.5 Å². The molecule has 24 heavy (non-hydrogen) atoms. The average Bonchev–Trinajstić information content (AvgIpc) is 2.81. The smallest absolute Gasteiger partial charge is 0.328 e. The van der Waals surface area contributed by atoms with E-state index in [4.69, 9.17) is 5.11 Å². The zero-order chi connectivity index (χ0) is 17.9. The van der Waals surface area contributed by atoms with Gasteiger partial charge in [0, 0.05) is 11.3 Å². The number of amides is 1. The van der Waals surface area contributed by atoms with Gasteiger partial charge in [0.25, 0.3) is 0 Å². The first-order valence-electron chi connectivity index (χ1n) is 7.22. The molecule has 0 spiro atoms. The number of aromatic nitrogens is 2. The second-order valence-corrected chi connectivity index (χ2v) is 5.33. The lowest BCUT2D eigenvalue weighted by Crippen LogP contribution is -2.43. The number of carboxylic acid groups (broad SMARTS) is 1. The number of rotatable bonds is 6. The quantitative estimate of drug-likeness (QED) is 0.840. The molecule has 0 fully saturated rings. The molecule has 1 heterocycles. The van der Waals surface area contributed by atoms with E-state index in [2.05, 4.69) is 10.4 Å². The molecule has 0 radical (unpaired) electrons. The van der Waals surface area contributed by atoms with E-state index in [1.807, 2.05) is 0 Å². The Morgan fingerprint density at radius 2 is 1.92 bits per heavy atom. The molecular formula is C16H17F2N3O3. The fourth-order valence-electron chi connectivity index (χ4n) is 2.34. The Morgan fingerprint density at radius 1 is 1.29 bits per heavy atom. The van der Waals surface area contributed by atoms with Crippen LogP contribution >= 0.6 is 0 Å². The van der Waals surface area contributed by atoms with Gasteiger partial charge in [-0.15, -0.1) is 0 Å². The van der Waals surface area contributed by atoms with Crippen LogP contribution in [0.25, 0.3) is 5.69 Å². The summed E-state index contributed by atoms with van der Waals surface area (Å²) in [5, 5.41) is 15.2. The highest BCUT2D eigenvalue weighted by atomic mass is 19.1. The van der Waals surface area contributed by atoms with Gasteiger partial charge in [-0.2, -0.15) is 5.10 Å². The van der Waals surface area contributed by atoms with Crippen LogP contribution in [0.2, 0.25) is 0 Å². The van der Waals surface area contributed by atoms with Gasteiger partial charge in [-0.05, 0) is 38.1 Å². The van der Waals surface area contributed by atoms with E-state index >= 15 is 0 Å². The Bertz CT molecular complexity index is 757. The van der Waals surface area contributed by atoms with Gasteiger partial charge in [-0.3, -0.25) is 4.79 Å². The van der Waals surface area contributed by atoms with Crippen molar-refractivity contribution in [3.8, 4) is 5.69 Å². The summed E-state index contributed by atoms with van der Waals surface area (Å²) in [4.78, 5) is 22.7. The number of carbonyl (C=O) groups is 2. The third kappa shape index (κ3) is 3.76. The zero-order valence-electron chi connectivity index (χ0n) is 13.2. The van der Waals surface area contributed by atoms with E-state index in [0.29, 0.717) is 22.6 Å². The SMILES string of the molecule is Cc1nn(-c2ccc(F)cc2)c(C)c1CC(=O)NC(CF)C(=O)O. The molecule has 0 aliphatic rings. The predicted octanol–water partition coefficient (Wildman–Crippen LogP) is 1.71. The molecule has 1 atom stereocenters. The van der Waals surface area contributed by atoms with Crippen molar-refractivity contribution in [3.63, 3.8) is 0 Å². The number of carboxylic acids is 1. The van der Waals surface area contributed by atoms with E-state index < -0.39 is 24.6 Å². The lowest BCUT2D eigenvalue weighted by Gasteiger charge is -2.11. The molecule has 2 rings (SSSR count). The van der Waals surface area contributed by atoms with Gasteiger partial charge in [0.05, 0.1) is 17.8 Å². The standard InChI is InChI=1S/C16H17F2N3O3/c1-9-13(7-15(22)19-14(8-17)16(23)24)10(2)21(20-9)12-5-3-11(18)4-6-12/h3-6,14H,7-8H2,1-2H3,(H,19,22)(H,23,24). The van der Waals surface area contributed by atoms with Crippen LogP contribution in [0, 0.1) is 19.7 Å². The van der Waals surface area contributed by atoms with Crippen LogP contribution in [0.3, 0.4) is 0 Å². The molecule has 1 aromatic carbocycles. The summed E-state index contributed by atoms with van der Waals surface area (Å²) in [5.41, 5.74) is 2.50. The van der Waals surface area contributed by atoms with Gasteiger partial charge in [0.15, 0.2) is 6.04 Å². The Balaban J connectivity index is 2.21. The Kier molecular flexibility index (Phi) is 5.28. The van der Waals surface area contributed by atoms with E-state index in [-0.39, 0.29) is 12.2 Å². The second-order valence-electron chi connectivity index (χ2n) is 5.33. The van der Waals surface area contributed by atoms with Gasteiger partial charge >= 0.3 is 5.97 Å². The molecule has 128 valence electrons. The van der Waals surface area contributed by atoms with E-state index in [0.717, 1.165) is 0 Å². The maximum Gasteiger partial charge on any atom is 0.328 e. The molecular weight excluding hydrogens is 320 g/mol. The number of alkyl halides is 1. The molecule has 2 aromatic rings. The van der Waals surface area contributed by atoms with Gasteiger partial charge in [0.1, 0.15) is 12.5 Å². The van der Waals surface area contributed by atoms with Crippen molar-refractivity contribution >= 4 is 11.9 Å². The third-order valence-corrected chi connectivity index (χ3v) is 3.64. The lowest BCUT2D eigenvalue weighted by atomic mass is 10.1. The maximum absolute atomic E-state index is 13.0. The monoisotopic (exact) mass is 337 g/mol. The summed E-state index contributed by atoms with van der Waals surface area (Å²) in [6.45, 7) is 2.27. The molecule has 0 aliphatic heterocycles. The normalized spacial score (nSPS) is 12.0. The zero-order valence-corrected chi connectivity index (χ0v) is 13.2. The maximum atomic E-state index is 13.0. The van der Waals surface area contributed by atoms with Crippen LogP contribution in [0.15, 0.2) is 24.3 Å². The number of benzene rings is 1. The van der Waals surface area contributed by atoms with E-state index in [9.17, 15) is 18.4 Å². The van der Waals surface area contributed by atoms with E-state index in [1.54, 1.807) is 30.7 Å². The molecule has 1 aromatic heterocycles. The molecule has 6 nitrogen and oxygen atoms in total. The topological polar surface area (TPSA) is 84.2 Å². The lowest BCUT2D eigenvalue weighted by molar-refractivity contribution is -0.142. The highest BCUT2D eigenvalue weighted by Gasteiger charge is 2.22. The second kappa shape index (κ2) is 7.20. The Hall–Kier alpha value is -2.77. The minimum atomic E-state index is -1.56. The van der Waals surface area contributed by atoms with Gasteiger partial charge in [-0.25, -0.2) is 18.3 Å². The molecule has 0 bridgehead atoms. The molecule has 8 heteroatoms. The molecule has 2 N–H and O–H groups in total. The first kappa shape index (κ1) is 17.6. The summed E-state index contributed by atoms with van der Waals surface area (Å²) in [6, 6.07) is 4.16. The molecule has 1 unspecified atom stereocenters. The highest BCUT2D eigenvalue weighted by Crippen LogP contribution is 2.18. The number of hydrogen-bond acceptors (Lipinski definition) is 3. The minimum absolute atomic E-state index is 0.122. The first-order chi connectivity index (χ1) is 11.3. The van der Waals surface area contributed by atoms with Crippen molar-refractivity contribution in [2.75, 3.05) is 6.67 Å². The summed E-state index contributed by atoms with van der Waals surface area (Å²) in [5.74, 6) is -2.41. The molecule has 0 aliphatic carbocycles. The molecule has 0 saturated carbocycles. The number of hydrogen-bond donors (Lipinski definition) is 2. The molecule has 0 saturated heterocycles. The largest absolute Gasteiger partial charge is 0.480 e. The van der Waals surface area contributed by atoms with Crippen molar-refractivity contribution in [3.05, 3.63) is 47.0 Å². The summed E-state index contributed by atoms with van der Waals surface area (Å²) >= 11 is 0. The van der Waals surface area contributed by atoms with Gasteiger partial charge in [0.2, 0.25) is 5.91 Å². The van der Waals surface area contributed by atoms with Crippen molar-refractivity contribution in [1.29, 1.82) is 0 Å². The first-order valence-corrected chi connectivity index (χ1v) is 7.22. The average molecular weight is 337 g/mol. The molecule has 1 amide bonds. The predicted molar refractivity (Wildman–Crippen MR) is 82.2 cm³/mol. The summed E-state index contributed by atoms with van der Waals surface area (Å²) in [6.07, 6.45) is -0.122. The van der Waals surface area contributed by atoms with Crippen LogP contribution < -0.4 is 5.32 Å². The van der Waals surface area contributed by atoms with Crippen LogP contribution in [0.4, 0.5) is 8.78 Å². The Labute approximate surface area is 137 Å². The summed E-state index contributed by atoms with van der Waals surface area (Å²) < 4.78 is 27.2. The number of nitrogens with one attached hydrogen (secondary N) is 1. The third-order valence-electron chi connectivity index (χ3n) is 3.64. The van der Waals surface area contributed by atoms with Gasteiger partial charge < -0.3 is 10.4 Å². The van der Waals surface area contributed by atoms with Crippen LogP contribution in [0.5, 0.6) is 0 Å². The number of nitrogens with zero attached hydrogens (tertiary/aromatic N) is 2. The number of aliphatic carboxylic acids is 1. The van der Waals surface area contributed by atoms with E-state index in [1.165, 1.54) is 12.1 Å². The van der Waals surface area contributed by atoms with Crippen molar-refractivity contribution in [2.24, 2.45) is 0 Å². The van der Waals surface area contributed by atoms with Gasteiger partial charge in [-0.1, -0.05) is 0 Å². The van der Waals surface area contributed by atoms with Crippen LogP contribution in [-0.4, -0.2) is 39.5 Å². The summed E-state index contributed by atoms with van der Waals surface area (Å²) in [7, 11) is 0. The fourth-order valence-corrected chi connectivity index (χ4v) is 2.34. The van der Waals surface area contributed by atoms with Crippen molar-refractivity contribution in [2.45, 2.75) is 26.3 Å². The Morgan fingerprint density at radius 3 is 2.46 bits per heavy atom. The van der Waals surface area contributed by atoms with Crippen LogP contribution in [0.1, 0.15) is 17.0 Å². The number of carbonyl (C=O) groups excluding carboxylic acids is 1. The number of halogens is 2.